The molecule has 0 aliphatic carbocycles. The molecule has 5 atom stereocenters. The summed E-state index contributed by atoms with van der Waals surface area (Å²) in [6.45, 7) is 4.04. The second-order valence-corrected chi connectivity index (χ2v) is 12.1. The number of hydrogen-bond donors (Lipinski definition) is 0. The molecule has 1 aliphatic heterocycles. The molecule has 0 bridgehead atoms. The smallest absolute Gasteiger partial charge is 0.128 e. The van der Waals surface area contributed by atoms with E-state index in [1.54, 1.807) is 0 Å². The van der Waals surface area contributed by atoms with Gasteiger partial charge in [0, 0.05) is 14.3 Å². The summed E-state index contributed by atoms with van der Waals surface area (Å²) >= 11 is 3.68. The van der Waals surface area contributed by atoms with E-state index < -0.39 is 21.8 Å². The van der Waals surface area contributed by atoms with E-state index >= 15 is 0 Å². The van der Waals surface area contributed by atoms with Crippen molar-refractivity contribution >= 4 is 37.7 Å². The Labute approximate surface area is 214 Å². The van der Waals surface area contributed by atoms with Crippen molar-refractivity contribution in [1.82, 2.24) is 4.31 Å². The fraction of sp³-hybridized carbons (Fsp3) is 0.143. The Hall–Kier alpha value is -2.38. The van der Waals surface area contributed by atoms with E-state index in [-0.39, 0.29) is 12.1 Å². The molecule has 1 aliphatic rings. The Morgan fingerprint density at radius 3 is 1.76 bits per heavy atom. The number of benzene rings is 4. The van der Waals surface area contributed by atoms with E-state index in [4.69, 9.17) is 0 Å². The van der Waals surface area contributed by atoms with Gasteiger partial charge < -0.3 is 0 Å². The molecule has 0 saturated carbocycles. The molecule has 6 heteroatoms. The van der Waals surface area contributed by atoms with Crippen LogP contribution in [0.5, 0.6) is 0 Å². The maximum absolute atomic E-state index is 13.7. The van der Waals surface area contributed by atoms with Crippen LogP contribution in [-0.4, -0.2) is 12.7 Å². The molecule has 1 heterocycles. The molecule has 34 heavy (non-hydrogen) atoms. The zero-order valence-corrected chi connectivity index (χ0v) is 22.1. The molecule has 0 aromatic heterocycles. The largest absolute Gasteiger partial charge is 0.249 e. The lowest BCUT2D eigenvalue weighted by atomic mass is 10.0. The van der Waals surface area contributed by atoms with Gasteiger partial charge in [0.15, 0.2) is 0 Å². The summed E-state index contributed by atoms with van der Waals surface area (Å²) in [7, 11) is -2.69. The number of nitrogens with zero attached hydrogens (tertiary/aromatic N) is 1. The van der Waals surface area contributed by atoms with Crippen molar-refractivity contribution in [2.24, 2.45) is 0 Å². The average Bonchev–Trinajstić information content (AvgIpc) is 3.59. The monoisotopic (exact) mass is 549 g/mol. The van der Waals surface area contributed by atoms with Crippen molar-refractivity contribution in [3.63, 3.8) is 0 Å². The number of halogens is 1. The summed E-state index contributed by atoms with van der Waals surface area (Å²) in [5.74, 6) is 0. The highest BCUT2D eigenvalue weighted by Gasteiger charge is 2.55. The van der Waals surface area contributed by atoms with E-state index in [2.05, 4.69) is 22.0 Å². The fourth-order valence-electron chi connectivity index (χ4n) is 4.21. The lowest BCUT2D eigenvalue weighted by molar-refractivity contribution is 0.637. The summed E-state index contributed by atoms with van der Waals surface area (Å²) in [4.78, 5) is 2.29. The highest BCUT2D eigenvalue weighted by molar-refractivity contribution is 9.10. The van der Waals surface area contributed by atoms with Crippen LogP contribution < -0.4 is 0 Å². The maximum Gasteiger partial charge on any atom is 0.128 e. The van der Waals surface area contributed by atoms with Gasteiger partial charge in [-0.3, -0.25) is 0 Å². The minimum atomic E-state index is -1.36. The molecular weight excluding hydrogens is 526 g/mol. The molecule has 4 aromatic rings. The van der Waals surface area contributed by atoms with E-state index in [1.165, 1.54) is 0 Å². The molecule has 1 saturated heterocycles. The molecule has 5 rings (SSSR count). The van der Waals surface area contributed by atoms with Gasteiger partial charge >= 0.3 is 0 Å². The van der Waals surface area contributed by atoms with Crippen molar-refractivity contribution in [1.29, 1.82) is 0 Å². The van der Waals surface area contributed by atoms with Crippen molar-refractivity contribution in [3.05, 3.63) is 124 Å². The molecule has 1 fully saturated rings. The summed E-state index contributed by atoms with van der Waals surface area (Å²) in [5, 5.41) is 0. The van der Waals surface area contributed by atoms with E-state index in [0.717, 1.165) is 41.4 Å². The second kappa shape index (κ2) is 9.70. The van der Waals surface area contributed by atoms with Crippen LogP contribution in [0.15, 0.2) is 116 Å². The van der Waals surface area contributed by atoms with Crippen LogP contribution in [0.25, 0.3) is 0 Å². The van der Waals surface area contributed by atoms with Gasteiger partial charge in [0.05, 0.1) is 27.8 Å². The molecular formula is C28H24BrNO2S2. The molecule has 4 aromatic carbocycles. The van der Waals surface area contributed by atoms with E-state index in [0.29, 0.717) is 0 Å². The van der Waals surface area contributed by atoms with Crippen LogP contribution in [0.2, 0.25) is 0 Å². The van der Waals surface area contributed by atoms with Crippen LogP contribution in [-0.2, 0) is 21.8 Å². The summed E-state index contributed by atoms with van der Waals surface area (Å²) in [6.07, 6.45) is 0. The van der Waals surface area contributed by atoms with Gasteiger partial charge in [0.1, 0.15) is 11.0 Å². The van der Waals surface area contributed by atoms with Crippen LogP contribution >= 0.6 is 15.9 Å². The van der Waals surface area contributed by atoms with E-state index in [9.17, 15) is 8.42 Å². The Morgan fingerprint density at radius 2 is 1.15 bits per heavy atom. The molecule has 3 nitrogen and oxygen atoms in total. The minimum absolute atomic E-state index is 0.0890. The van der Waals surface area contributed by atoms with Gasteiger partial charge in [-0.15, -0.1) is 0 Å². The number of rotatable bonds is 6. The average molecular weight is 551 g/mol. The van der Waals surface area contributed by atoms with Gasteiger partial charge in [-0.2, -0.15) is 0 Å². The maximum atomic E-state index is 13.7. The van der Waals surface area contributed by atoms with Crippen LogP contribution in [0.3, 0.4) is 0 Å². The van der Waals surface area contributed by atoms with Gasteiger partial charge in [-0.05, 0) is 61.4 Å². The fourth-order valence-corrected chi connectivity index (χ4v) is 7.40. The lowest BCUT2D eigenvalue weighted by Gasteiger charge is -2.10. The molecule has 0 N–H and O–H groups in total. The van der Waals surface area contributed by atoms with Gasteiger partial charge in [-0.1, -0.05) is 87.7 Å². The van der Waals surface area contributed by atoms with E-state index in [1.807, 2.05) is 109 Å². The predicted octanol–water partition coefficient (Wildman–Crippen LogP) is 7.05. The first-order valence-corrected chi connectivity index (χ1v) is 14.1. The summed E-state index contributed by atoms with van der Waals surface area (Å²) in [5.41, 5.74) is 4.28. The third-order valence-electron chi connectivity index (χ3n) is 6.07. The SMILES string of the molecule is Cc1ccc(S(=O)c2ccccc2[C@@H]2[C@@H](c3ccccc3Br)N2S(=O)c2ccc(C)cc2)cc1. The normalized spacial score (nSPS) is 21.1. The number of hydrogen-bond acceptors (Lipinski definition) is 2. The van der Waals surface area contributed by atoms with Gasteiger partial charge in [-0.25, -0.2) is 12.7 Å². The molecule has 0 spiro atoms. The zero-order chi connectivity index (χ0) is 23.8. The topological polar surface area (TPSA) is 37.1 Å². The third-order valence-corrected chi connectivity index (χ3v) is 9.77. The third kappa shape index (κ3) is 4.48. The highest BCUT2D eigenvalue weighted by atomic mass is 79.9. The van der Waals surface area contributed by atoms with Crippen molar-refractivity contribution < 1.29 is 8.42 Å². The minimum Gasteiger partial charge on any atom is -0.249 e. The quantitative estimate of drug-likeness (QED) is 0.241. The molecule has 3 unspecified atom stereocenters. The van der Waals surface area contributed by atoms with Crippen molar-refractivity contribution in [2.75, 3.05) is 0 Å². The Bertz CT molecular complexity index is 1390. The first kappa shape index (κ1) is 23.4. The molecule has 0 radical (unpaired) electrons. The van der Waals surface area contributed by atoms with Gasteiger partial charge in [0.2, 0.25) is 0 Å². The van der Waals surface area contributed by atoms with Crippen molar-refractivity contribution in [2.45, 2.75) is 40.6 Å². The van der Waals surface area contributed by atoms with Crippen molar-refractivity contribution in [3.8, 4) is 0 Å². The highest BCUT2D eigenvalue weighted by Crippen LogP contribution is 2.59. The van der Waals surface area contributed by atoms with Crippen LogP contribution in [0, 0.1) is 13.8 Å². The standard InChI is InChI=1S/C28H24BrNO2S2/c1-19-11-15-21(16-12-19)33(31)26-10-6-4-8-24(26)28-27(23-7-3-5-9-25(23)29)30(28)34(32)22-17-13-20(2)14-18-22/h3-18,27-28H,1-2H3/t27-,28-,30?,33?,34?/m1/s1. The second-order valence-electron chi connectivity index (χ2n) is 8.45. The first-order valence-electron chi connectivity index (χ1n) is 11.0. The number of aryl methyl sites for hydroxylation is 2. The first-order chi connectivity index (χ1) is 16.5. The summed E-state index contributed by atoms with van der Waals surface area (Å²) < 4.78 is 30.3. The zero-order valence-electron chi connectivity index (χ0n) is 18.9. The van der Waals surface area contributed by atoms with Gasteiger partial charge in [0.25, 0.3) is 0 Å². The van der Waals surface area contributed by atoms with Crippen LogP contribution in [0.1, 0.15) is 34.3 Å². The lowest BCUT2D eigenvalue weighted by Crippen LogP contribution is -2.06. The Kier molecular flexibility index (Phi) is 6.67. The molecule has 172 valence electrons. The Balaban J connectivity index is 1.58. The predicted molar refractivity (Wildman–Crippen MR) is 141 cm³/mol. The Morgan fingerprint density at radius 1 is 0.647 bits per heavy atom. The van der Waals surface area contributed by atoms with Crippen LogP contribution in [0.4, 0.5) is 0 Å². The molecule has 0 amide bonds. The summed E-state index contributed by atoms with van der Waals surface area (Å²) in [6, 6.07) is 31.3.